The van der Waals surface area contributed by atoms with Gasteiger partial charge in [-0.05, 0) is 95.3 Å². The van der Waals surface area contributed by atoms with Gasteiger partial charge in [-0.1, -0.05) is 31.4 Å². The Morgan fingerprint density at radius 1 is 0.320 bits per heavy atom. The second kappa shape index (κ2) is 68.8. The van der Waals surface area contributed by atoms with Crippen LogP contribution in [0.4, 0.5) is 0 Å². The molecule has 0 atom stereocenters. The Balaban J connectivity index is 0.00000126. The molecule has 0 saturated carbocycles. The van der Waals surface area contributed by atoms with Gasteiger partial charge in [-0.25, -0.2) is 0 Å². The van der Waals surface area contributed by atoms with Gasteiger partial charge in [0.05, 0.1) is 156 Å². The third-order valence-corrected chi connectivity index (χ3v) is 22.6. The Morgan fingerprint density at radius 2 is 0.513 bits per heavy atom. The summed E-state index contributed by atoms with van der Waals surface area (Å²) in [6.45, 7) is 7.74. The fourth-order valence-electron chi connectivity index (χ4n) is 13.8. The van der Waals surface area contributed by atoms with E-state index in [1.54, 1.807) is 44.4 Å². The van der Waals surface area contributed by atoms with Gasteiger partial charge >= 0.3 is 29.8 Å². The lowest BCUT2D eigenvalue weighted by molar-refractivity contribution is -0.143. The summed E-state index contributed by atoms with van der Waals surface area (Å²) in [5, 5.41) is 36.4. The number of rotatable bonds is 57. The van der Waals surface area contributed by atoms with Crippen LogP contribution in [0, 0.1) is 0 Å². The van der Waals surface area contributed by atoms with Crippen molar-refractivity contribution >= 4 is 198 Å². The average molecular weight is 2110 g/mol. The van der Waals surface area contributed by atoms with E-state index in [2.05, 4.69) is 74.4 Å². The molecule has 47 nitrogen and oxygen atoms in total. The third kappa shape index (κ3) is 40.8. The number of ether oxygens (including phenoxy) is 10. The normalized spacial score (nSPS) is 10.9. The van der Waals surface area contributed by atoms with Crippen molar-refractivity contribution in [1.29, 1.82) is 0 Å². The van der Waals surface area contributed by atoms with E-state index >= 15 is 0 Å². The lowest BCUT2D eigenvalue weighted by atomic mass is 8.76. The minimum absolute atomic E-state index is 0. The number of amides is 15. The fourth-order valence-corrected chi connectivity index (χ4v) is 15.0. The summed E-state index contributed by atoms with van der Waals surface area (Å²) in [6.07, 6.45) is -1.67. The largest absolute Gasteiger partial charge is 0.495 e. The molecule has 9 radical (unpaired) electrons. The molecule has 1 aliphatic rings. The average Bonchev–Trinajstić information content (AvgIpc) is 1.46. The lowest BCUT2D eigenvalue weighted by Gasteiger charge is -2.28. The first-order valence-corrected chi connectivity index (χ1v) is 48.4. The van der Waals surface area contributed by atoms with Crippen LogP contribution in [0.15, 0.2) is 60.7 Å². The van der Waals surface area contributed by atoms with E-state index in [1.807, 2.05) is 0 Å². The van der Waals surface area contributed by atoms with Gasteiger partial charge in [-0.2, -0.15) is 0 Å². The van der Waals surface area contributed by atoms with Crippen molar-refractivity contribution in [3.05, 3.63) is 144 Å². The highest BCUT2D eigenvalue weighted by Gasteiger charge is 2.34. The number of methoxy groups -OCH3 is 5. The van der Waals surface area contributed by atoms with Gasteiger partial charge in [0.15, 0.2) is 0 Å². The molecular formula is C94H127B7N17O30S2. The Morgan fingerprint density at radius 3 is 0.680 bits per heavy atom. The van der Waals surface area contributed by atoms with Crippen LogP contribution >= 0.6 is 24.0 Å². The Hall–Kier alpha value is -14.7. The predicted molar refractivity (Wildman–Crippen MR) is 565 cm³/mol. The van der Waals surface area contributed by atoms with Gasteiger partial charge in [0.25, 0.3) is 88.6 Å². The quantitative estimate of drug-likeness (QED) is 0.00931. The van der Waals surface area contributed by atoms with Crippen molar-refractivity contribution < 1.29 is 143 Å². The molecule has 0 spiro atoms. The summed E-state index contributed by atoms with van der Waals surface area (Å²) in [7, 11) is 34.5. The maximum Gasteiger partial charge on any atom is 0.307 e. The number of nitrogens with one attached hydrogen (secondary N) is 14. The van der Waals surface area contributed by atoms with E-state index in [9.17, 15) is 95.9 Å². The zero-order valence-electron chi connectivity index (χ0n) is 85.8. The molecule has 0 aromatic heterocycles. The fraction of sp³-hybridized carbons (Fsp3) is 0.457. The number of thiocarbonyl (C=S) groups is 1. The smallest absolute Gasteiger partial charge is 0.307 e. The highest BCUT2D eigenvalue weighted by molar-refractivity contribution is 8.23. The highest BCUT2D eigenvalue weighted by Crippen LogP contribution is 2.34. The first-order chi connectivity index (χ1) is 71.2. The van der Waals surface area contributed by atoms with Gasteiger partial charge in [-0.15, -0.1) is 0 Å². The van der Waals surface area contributed by atoms with Gasteiger partial charge in [0.2, 0.25) is 0 Å². The second-order valence-corrected chi connectivity index (χ2v) is 32.8. The maximum absolute atomic E-state index is 14.4. The first-order valence-electron chi connectivity index (χ1n) is 47.0. The molecule has 5 aromatic carbocycles. The van der Waals surface area contributed by atoms with Gasteiger partial charge < -0.3 is 122 Å². The molecule has 15 amide bonds. The van der Waals surface area contributed by atoms with E-state index in [4.69, 9.17) is 90.5 Å². The highest BCUT2D eigenvalue weighted by atomic mass is 32.2. The zero-order chi connectivity index (χ0) is 111. The molecule has 0 aliphatic carbocycles. The molecule has 0 unspecified atom stereocenters. The number of hydrogen-bond donors (Lipinski definition) is 14. The van der Waals surface area contributed by atoms with Crippen LogP contribution in [0.3, 0.4) is 0 Å². The molecule has 1 aliphatic heterocycles. The molecule has 6 rings (SSSR count). The summed E-state index contributed by atoms with van der Waals surface area (Å²) in [6, 6.07) is 12.3. The van der Waals surface area contributed by atoms with E-state index in [1.165, 1.54) is 155 Å². The monoisotopic (exact) mass is 2110 g/mol. The van der Waals surface area contributed by atoms with Crippen LogP contribution < -0.4 is 98.1 Å². The molecular weight excluding hydrogens is 1990 g/mol. The molecule has 1 heterocycles. The van der Waals surface area contributed by atoms with E-state index in [-0.39, 0.29) is 289 Å². The number of carbonyl (C=O) groups is 20. The van der Waals surface area contributed by atoms with Crippen molar-refractivity contribution in [2.45, 2.75) is 74.1 Å². The molecule has 150 heavy (non-hydrogen) atoms. The Bertz CT molecular complexity index is 5120. The minimum atomic E-state index is -0.827. The van der Waals surface area contributed by atoms with Crippen molar-refractivity contribution in [3.8, 4) is 28.7 Å². The standard InChI is InChI=1S/C74H100N14O24.C19H23N3O6S2.CH4.B7/c1-13-109-55(89)17-21-79-63(93)43-35-47(67(97)75-5)59(105-9)51(39-43)71(101)83-25-29-87(30-26-84-72(102)52-40-44(36-48(60(52)106-10)68(98)76-6)64(94)80-22-18-56(90)110-14-2)33-34-88(31-27-85-73(103)53-41-45(37-49(61(53)107-11)69(99)77-7)65(95)81-23-19-57(91)111-15-3)32-28-86-74(104)54-42-46(38-50(62(54)108-12)70(100)78-8)66(96)82-24-20-58(92)112-16-4;1-4-28-14(23)5-6-21-16(24)11-9-12(17(25)20-2)15(27-3)13(10-11)18(26)22-7-8-30-19(22)29;;1-5-7(4)6(2)3/h35-42H,13-34H2,1-12H3,(H,75,97)(H,76,98)(H,77,99)(H,78,100)(H,79,93)(H,80,94)(H,81,95)(H,82,96)(H,83,101)(H,84,102)(H,85,103)(H,86,104);9-10H,4-8H2,1-3H3,(H,20,25)(H,21,24);1H4;. The van der Waals surface area contributed by atoms with Crippen LogP contribution in [0.25, 0.3) is 0 Å². The van der Waals surface area contributed by atoms with Crippen molar-refractivity contribution in [1.82, 2.24) is 89.1 Å². The van der Waals surface area contributed by atoms with E-state index < -0.39 is 125 Å². The number of thioether (sulfide) groups is 1. The molecule has 5 aromatic rings. The van der Waals surface area contributed by atoms with Crippen LogP contribution in [0.2, 0.25) is 0 Å². The summed E-state index contributed by atoms with van der Waals surface area (Å²) in [4.78, 5) is 268. The topological polar surface area (TPSA) is 612 Å². The Kier molecular flexibility index (Phi) is 59.4. The number of benzene rings is 5. The molecule has 1 fully saturated rings. The van der Waals surface area contributed by atoms with E-state index in [0.717, 1.165) is 0 Å². The molecule has 0 bridgehead atoms. The summed E-state index contributed by atoms with van der Waals surface area (Å²) in [5.41, 5.74) is -2.22. The molecule has 1 saturated heterocycles. The summed E-state index contributed by atoms with van der Waals surface area (Å²) in [5.74, 6) is -13.6. The van der Waals surface area contributed by atoms with Crippen LogP contribution in [0.5, 0.6) is 28.7 Å². The number of carbonyl (C=O) groups excluding carboxylic acids is 20. The SMILES string of the molecule is C.CCOC(=O)CCNC(=O)c1cc(C(=O)NC)c(OC)c(C(=O)N2CCSC2=S)c1.CCOC(=O)CCNC(=O)c1cc(C(=O)NC)c(OC)c(C(=O)NCCN(CCNC(=O)c2cc(C(=O)NCCC(=O)OCC)cc(C(=O)NC)c2OC)CCN(CCNC(=O)c2cc(C(=O)NCCC(=O)OCC)cc(C(=O)NC)c2OC)CCNC(=O)c2cc(C(=O)NCCC(=O)OCC)cc(C(=O)NC)c2OC)c1.[B][B]B([B])B([B])[B]. The van der Waals surface area contributed by atoms with Crippen molar-refractivity contribution in [2.75, 3.05) is 214 Å². The maximum atomic E-state index is 14.4. The van der Waals surface area contributed by atoms with Crippen LogP contribution in [-0.2, 0) is 47.7 Å². The lowest BCUT2D eigenvalue weighted by Crippen LogP contribution is -2.46. The summed E-state index contributed by atoms with van der Waals surface area (Å²) < 4.78 is 52.8. The summed E-state index contributed by atoms with van der Waals surface area (Å²) >= 11 is 6.59. The number of esters is 5. The molecule has 801 valence electrons. The first kappa shape index (κ1) is 129. The number of nitrogens with zero attached hydrogens (tertiary/aromatic N) is 3. The predicted octanol–water partition coefficient (Wildman–Crippen LogP) is -1.30. The van der Waals surface area contributed by atoms with E-state index in [0.29, 0.717) is 16.6 Å². The van der Waals surface area contributed by atoms with Crippen LogP contribution in [0.1, 0.15) is 230 Å². The van der Waals surface area contributed by atoms with Gasteiger partial charge in [-0.3, -0.25) is 111 Å². The number of hydrogen-bond acceptors (Lipinski definition) is 34. The Labute approximate surface area is 886 Å². The van der Waals surface area contributed by atoms with Crippen molar-refractivity contribution in [3.63, 3.8) is 0 Å². The second-order valence-electron chi connectivity index (χ2n) is 31.1. The third-order valence-electron chi connectivity index (χ3n) is 21.2. The molecule has 14 N–H and O–H groups in total. The minimum Gasteiger partial charge on any atom is -0.495 e. The molecule has 56 heteroatoms. The van der Waals surface area contributed by atoms with Gasteiger partial charge in [0, 0.05) is 224 Å². The van der Waals surface area contributed by atoms with Crippen molar-refractivity contribution in [2.24, 2.45) is 0 Å². The zero-order valence-corrected chi connectivity index (χ0v) is 87.4. The van der Waals surface area contributed by atoms with Crippen LogP contribution in [-0.4, -0.2) is 403 Å². The van der Waals surface area contributed by atoms with Gasteiger partial charge in [0.1, 0.15) is 33.1 Å².